The molecule has 1 fully saturated rings. The maximum absolute atomic E-state index is 13.0. The molecule has 8 heteroatoms. The number of thioether (sulfide) groups is 1. The summed E-state index contributed by atoms with van der Waals surface area (Å²) >= 11 is 1.50. The smallest absolute Gasteiger partial charge is 0.408 e. The highest BCUT2D eigenvalue weighted by atomic mass is 32.2. The molecule has 1 aromatic rings. The van der Waals surface area contributed by atoms with E-state index in [4.69, 9.17) is 9.47 Å². The van der Waals surface area contributed by atoms with Crippen molar-refractivity contribution in [3.05, 3.63) is 35.9 Å². The molecular formula is C21H30N2O5S. The van der Waals surface area contributed by atoms with Crippen LogP contribution in [0.3, 0.4) is 0 Å². The fourth-order valence-electron chi connectivity index (χ4n) is 2.79. The number of benzene rings is 1. The van der Waals surface area contributed by atoms with E-state index >= 15 is 0 Å². The molecule has 1 saturated heterocycles. The Kier molecular flexibility index (Phi) is 7.21. The van der Waals surface area contributed by atoms with Gasteiger partial charge in [-0.25, -0.2) is 9.59 Å². The first-order chi connectivity index (χ1) is 13.4. The molecule has 0 aliphatic carbocycles. The Balaban J connectivity index is 2.17. The third kappa shape index (κ3) is 6.96. The van der Waals surface area contributed by atoms with Gasteiger partial charge in [-0.2, -0.15) is 0 Å². The summed E-state index contributed by atoms with van der Waals surface area (Å²) in [5.74, 6) is -0.397. The zero-order valence-electron chi connectivity index (χ0n) is 17.9. The van der Waals surface area contributed by atoms with Crippen LogP contribution in [0.15, 0.2) is 30.3 Å². The number of alkyl carbamates (subject to hydrolysis) is 1. The Hall–Kier alpha value is -2.22. The second-order valence-corrected chi connectivity index (χ2v) is 9.92. The fraction of sp³-hybridized carbons (Fsp3) is 0.571. The summed E-state index contributed by atoms with van der Waals surface area (Å²) in [5.41, 5.74) is -0.410. The van der Waals surface area contributed by atoms with E-state index in [2.05, 4.69) is 5.32 Å². The van der Waals surface area contributed by atoms with Crippen LogP contribution in [0.1, 0.15) is 52.5 Å². The predicted molar refractivity (Wildman–Crippen MR) is 112 cm³/mol. The number of amides is 2. The molecule has 2 rings (SSSR count). The largest absolute Gasteiger partial charge is 0.458 e. The lowest BCUT2D eigenvalue weighted by Crippen LogP contribution is -2.49. The molecule has 1 N–H and O–H groups in total. The van der Waals surface area contributed by atoms with Gasteiger partial charge in [0, 0.05) is 5.75 Å². The first-order valence-electron chi connectivity index (χ1n) is 9.55. The third-order valence-electron chi connectivity index (χ3n) is 3.83. The van der Waals surface area contributed by atoms with Crippen molar-refractivity contribution in [2.24, 2.45) is 0 Å². The van der Waals surface area contributed by atoms with Crippen LogP contribution in [0.2, 0.25) is 0 Å². The van der Waals surface area contributed by atoms with Crippen LogP contribution in [0.25, 0.3) is 0 Å². The van der Waals surface area contributed by atoms with Gasteiger partial charge in [0.15, 0.2) is 0 Å². The van der Waals surface area contributed by atoms with Crippen LogP contribution in [0.4, 0.5) is 4.79 Å². The van der Waals surface area contributed by atoms with E-state index in [1.165, 1.54) is 16.7 Å². The Bertz CT molecular complexity index is 740. The number of esters is 1. The molecule has 0 bridgehead atoms. The molecule has 0 saturated carbocycles. The summed E-state index contributed by atoms with van der Waals surface area (Å²) in [7, 11) is 0. The highest BCUT2D eigenvalue weighted by Crippen LogP contribution is 2.41. The minimum absolute atomic E-state index is 0.266. The van der Waals surface area contributed by atoms with Gasteiger partial charge in [-0.15, -0.1) is 11.8 Å². The Morgan fingerprint density at radius 3 is 2.17 bits per heavy atom. The Morgan fingerprint density at radius 2 is 1.62 bits per heavy atom. The van der Waals surface area contributed by atoms with E-state index < -0.39 is 29.3 Å². The molecule has 0 radical (unpaired) electrons. The SMILES string of the molecule is CC(C)(C)OC(=O)NCC(=O)N1[C@@H](C(=O)OC(C)(C)C)CS[C@H]1c1ccccc1. The van der Waals surface area contributed by atoms with Crippen molar-refractivity contribution < 1.29 is 23.9 Å². The van der Waals surface area contributed by atoms with Crippen molar-refractivity contribution in [3.63, 3.8) is 0 Å². The molecule has 160 valence electrons. The summed E-state index contributed by atoms with van der Waals surface area (Å²) in [6, 6.07) is 8.77. The normalized spacial score (nSPS) is 19.6. The van der Waals surface area contributed by atoms with Gasteiger partial charge in [0.2, 0.25) is 5.91 Å². The molecule has 29 heavy (non-hydrogen) atoms. The monoisotopic (exact) mass is 422 g/mol. The zero-order chi connectivity index (χ0) is 21.8. The van der Waals surface area contributed by atoms with Gasteiger partial charge in [-0.05, 0) is 47.1 Å². The molecule has 1 aliphatic rings. The van der Waals surface area contributed by atoms with Crippen LogP contribution in [-0.2, 0) is 19.1 Å². The van der Waals surface area contributed by atoms with Gasteiger partial charge in [0.05, 0.1) is 0 Å². The quantitative estimate of drug-likeness (QED) is 0.748. The molecule has 1 aromatic carbocycles. The number of nitrogens with one attached hydrogen (secondary N) is 1. The maximum atomic E-state index is 13.0. The van der Waals surface area contributed by atoms with Gasteiger partial charge < -0.3 is 19.7 Å². The summed E-state index contributed by atoms with van der Waals surface area (Å²) in [6.45, 7) is 10.3. The Morgan fingerprint density at radius 1 is 1.03 bits per heavy atom. The Labute approximate surface area is 176 Å². The minimum Gasteiger partial charge on any atom is -0.458 e. The average molecular weight is 423 g/mol. The van der Waals surface area contributed by atoms with Crippen molar-refractivity contribution in [3.8, 4) is 0 Å². The molecule has 7 nitrogen and oxygen atoms in total. The third-order valence-corrected chi connectivity index (χ3v) is 5.16. The predicted octanol–water partition coefficient (Wildman–Crippen LogP) is 3.50. The standard InChI is InChI=1S/C21H30N2O5S/c1-20(2,3)27-18(25)15-13-29-17(14-10-8-7-9-11-14)23(15)16(24)12-22-19(26)28-21(4,5)6/h7-11,15,17H,12-13H2,1-6H3,(H,22,26)/t15-,17+/m1/s1. The van der Waals surface area contributed by atoms with Gasteiger partial charge in [-0.3, -0.25) is 4.79 Å². The molecular weight excluding hydrogens is 392 g/mol. The van der Waals surface area contributed by atoms with Crippen LogP contribution < -0.4 is 5.32 Å². The van der Waals surface area contributed by atoms with Crippen LogP contribution in [0, 0.1) is 0 Å². The summed E-state index contributed by atoms with van der Waals surface area (Å²) in [4.78, 5) is 39.2. The number of carbonyl (C=O) groups is 3. The highest BCUT2D eigenvalue weighted by molar-refractivity contribution is 7.99. The maximum Gasteiger partial charge on any atom is 0.408 e. The molecule has 2 amide bonds. The number of ether oxygens (including phenoxy) is 2. The first kappa shape index (κ1) is 23.1. The van der Waals surface area contributed by atoms with Gasteiger partial charge >= 0.3 is 12.1 Å². The summed E-state index contributed by atoms with van der Waals surface area (Å²) < 4.78 is 10.7. The fourth-order valence-corrected chi connectivity index (χ4v) is 4.23. The molecule has 0 unspecified atom stereocenters. The lowest BCUT2D eigenvalue weighted by atomic mass is 10.1. The second kappa shape index (κ2) is 9.07. The number of carbonyl (C=O) groups excluding carboxylic acids is 3. The summed E-state index contributed by atoms with van der Waals surface area (Å²) in [6.07, 6.45) is -0.678. The second-order valence-electron chi connectivity index (χ2n) is 8.80. The molecule has 2 atom stereocenters. The van der Waals surface area contributed by atoms with Crippen molar-refractivity contribution in [1.82, 2.24) is 10.2 Å². The molecule has 0 spiro atoms. The number of rotatable bonds is 4. The number of hydrogen-bond donors (Lipinski definition) is 1. The van der Waals surface area contributed by atoms with Gasteiger partial charge in [0.1, 0.15) is 29.2 Å². The first-order valence-corrected chi connectivity index (χ1v) is 10.6. The van der Waals surface area contributed by atoms with E-state index in [0.29, 0.717) is 5.75 Å². The number of nitrogens with zero attached hydrogens (tertiary/aromatic N) is 1. The van der Waals surface area contributed by atoms with E-state index in [0.717, 1.165) is 5.56 Å². The molecule has 0 aromatic heterocycles. The topological polar surface area (TPSA) is 84.9 Å². The lowest BCUT2D eigenvalue weighted by Gasteiger charge is -2.30. The average Bonchev–Trinajstić information content (AvgIpc) is 3.03. The number of hydrogen-bond acceptors (Lipinski definition) is 6. The van der Waals surface area contributed by atoms with Crippen LogP contribution >= 0.6 is 11.8 Å². The van der Waals surface area contributed by atoms with E-state index in [-0.39, 0.29) is 17.8 Å². The highest BCUT2D eigenvalue weighted by Gasteiger charge is 2.44. The van der Waals surface area contributed by atoms with Crippen LogP contribution in [0.5, 0.6) is 0 Å². The van der Waals surface area contributed by atoms with Crippen molar-refractivity contribution in [2.45, 2.75) is 64.2 Å². The van der Waals surface area contributed by atoms with E-state index in [1.54, 1.807) is 41.5 Å². The van der Waals surface area contributed by atoms with Crippen molar-refractivity contribution >= 4 is 29.7 Å². The van der Waals surface area contributed by atoms with Crippen molar-refractivity contribution in [1.29, 1.82) is 0 Å². The minimum atomic E-state index is -0.725. The summed E-state index contributed by atoms with van der Waals surface area (Å²) in [5, 5.41) is 2.15. The lowest BCUT2D eigenvalue weighted by molar-refractivity contribution is -0.163. The van der Waals surface area contributed by atoms with E-state index in [9.17, 15) is 14.4 Å². The van der Waals surface area contributed by atoms with Gasteiger partial charge in [-0.1, -0.05) is 30.3 Å². The van der Waals surface area contributed by atoms with E-state index in [1.807, 2.05) is 30.3 Å². The van der Waals surface area contributed by atoms with Crippen LogP contribution in [-0.4, -0.2) is 52.4 Å². The molecule has 1 aliphatic heterocycles. The van der Waals surface area contributed by atoms with Gasteiger partial charge in [0.25, 0.3) is 0 Å². The zero-order valence-corrected chi connectivity index (χ0v) is 18.7. The van der Waals surface area contributed by atoms with Crippen molar-refractivity contribution in [2.75, 3.05) is 12.3 Å². The molecule has 1 heterocycles.